The van der Waals surface area contributed by atoms with E-state index in [-0.39, 0.29) is 5.91 Å². The first-order valence-electron chi connectivity index (χ1n) is 9.28. The Morgan fingerprint density at radius 2 is 2.16 bits per heavy atom. The summed E-state index contributed by atoms with van der Waals surface area (Å²) in [5.41, 5.74) is 3.17. The molecule has 2 fully saturated rings. The zero-order valence-electron chi connectivity index (χ0n) is 14.8. The van der Waals surface area contributed by atoms with Crippen LogP contribution in [-0.2, 0) is 6.54 Å². The molecular formula is C19H26N4OS. The van der Waals surface area contributed by atoms with Gasteiger partial charge in [-0.1, -0.05) is 0 Å². The second kappa shape index (κ2) is 7.30. The first-order valence-corrected chi connectivity index (χ1v) is 10.2. The van der Waals surface area contributed by atoms with Crippen molar-refractivity contribution >= 4 is 17.2 Å². The summed E-state index contributed by atoms with van der Waals surface area (Å²) in [7, 11) is 0. The number of likely N-dealkylation sites (tertiary alicyclic amines) is 1. The van der Waals surface area contributed by atoms with Gasteiger partial charge >= 0.3 is 0 Å². The quantitative estimate of drug-likeness (QED) is 0.833. The number of aromatic amines is 1. The number of rotatable bonds is 6. The Balaban J connectivity index is 1.22. The molecular weight excluding hydrogens is 332 g/mol. The molecule has 25 heavy (non-hydrogen) atoms. The Kier molecular flexibility index (Phi) is 4.90. The minimum atomic E-state index is 0.0866. The molecule has 2 aliphatic rings. The Morgan fingerprint density at radius 1 is 1.36 bits per heavy atom. The van der Waals surface area contributed by atoms with Gasteiger partial charge in [0.05, 0.1) is 16.3 Å². The van der Waals surface area contributed by atoms with Crippen LogP contribution in [0.1, 0.15) is 58.4 Å². The molecule has 1 amide bonds. The van der Waals surface area contributed by atoms with E-state index in [0.717, 1.165) is 55.3 Å². The van der Waals surface area contributed by atoms with Crippen molar-refractivity contribution in [2.24, 2.45) is 5.92 Å². The third-order valence-corrected chi connectivity index (χ3v) is 6.14. The SMILES string of the molecule is Cc1nc(CN2CCC(CNC(=O)c3cc[nH]c3C3CC3)CC2)cs1. The maximum Gasteiger partial charge on any atom is 0.253 e. The largest absolute Gasteiger partial charge is 0.364 e. The summed E-state index contributed by atoms with van der Waals surface area (Å²) in [6, 6.07) is 1.92. The highest BCUT2D eigenvalue weighted by atomic mass is 32.1. The van der Waals surface area contributed by atoms with E-state index >= 15 is 0 Å². The molecule has 2 aromatic heterocycles. The van der Waals surface area contributed by atoms with Crippen LogP contribution < -0.4 is 5.32 Å². The Bertz CT molecular complexity index is 725. The van der Waals surface area contributed by atoms with Crippen molar-refractivity contribution in [3.05, 3.63) is 39.6 Å². The summed E-state index contributed by atoms with van der Waals surface area (Å²) in [6.07, 6.45) is 6.59. The fraction of sp³-hybridized carbons (Fsp3) is 0.579. The van der Waals surface area contributed by atoms with E-state index in [0.29, 0.717) is 11.8 Å². The highest BCUT2D eigenvalue weighted by Gasteiger charge is 2.29. The number of aryl methyl sites for hydroxylation is 1. The van der Waals surface area contributed by atoms with Gasteiger partial charge in [-0.3, -0.25) is 9.69 Å². The molecule has 1 aliphatic carbocycles. The summed E-state index contributed by atoms with van der Waals surface area (Å²) >= 11 is 1.72. The van der Waals surface area contributed by atoms with Gasteiger partial charge in [-0.05, 0) is 63.6 Å². The standard InChI is InChI=1S/C19H26N4OS/c1-13-22-16(12-25-13)11-23-8-5-14(6-9-23)10-21-19(24)17-4-7-20-18(17)15-2-3-15/h4,7,12,14-15,20H,2-3,5-6,8-11H2,1H3,(H,21,24). The number of carbonyl (C=O) groups is 1. The molecule has 2 N–H and O–H groups in total. The van der Waals surface area contributed by atoms with Crippen molar-refractivity contribution in [1.82, 2.24) is 20.2 Å². The van der Waals surface area contributed by atoms with Crippen LogP contribution in [0.4, 0.5) is 0 Å². The average Bonchev–Trinajstić information content (AvgIpc) is 3.20. The smallest absolute Gasteiger partial charge is 0.253 e. The maximum atomic E-state index is 12.5. The van der Waals surface area contributed by atoms with Gasteiger partial charge in [0.2, 0.25) is 0 Å². The van der Waals surface area contributed by atoms with Crippen LogP contribution in [-0.4, -0.2) is 40.4 Å². The second-order valence-corrected chi connectivity index (χ2v) is 8.43. The number of hydrogen-bond donors (Lipinski definition) is 2. The molecule has 6 heteroatoms. The molecule has 4 rings (SSSR count). The third-order valence-electron chi connectivity index (χ3n) is 5.32. The van der Waals surface area contributed by atoms with Gasteiger partial charge in [-0.25, -0.2) is 4.98 Å². The van der Waals surface area contributed by atoms with Gasteiger partial charge in [0.1, 0.15) is 0 Å². The fourth-order valence-corrected chi connectivity index (χ4v) is 4.28. The Morgan fingerprint density at radius 3 is 2.84 bits per heavy atom. The minimum absolute atomic E-state index is 0.0866. The van der Waals surface area contributed by atoms with E-state index in [1.807, 2.05) is 12.3 Å². The molecule has 0 atom stereocenters. The zero-order chi connectivity index (χ0) is 17.2. The highest BCUT2D eigenvalue weighted by molar-refractivity contribution is 7.09. The van der Waals surface area contributed by atoms with Crippen LogP contribution in [0.5, 0.6) is 0 Å². The molecule has 1 aliphatic heterocycles. The molecule has 5 nitrogen and oxygen atoms in total. The van der Waals surface area contributed by atoms with Gasteiger partial charge in [-0.2, -0.15) is 0 Å². The number of carbonyl (C=O) groups excluding carboxylic acids is 1. The van der Waals surface area contributed by atoms with E-state index < -0.39 is 0 Å². The maximum absolute atomic E-state index is 12.5. The molecule has 1 saturated carbocycles. The van der Waals surface area contributed by atoms with Crippen molar-refractivity contribution in [3.8, 4) is 0 Å². The monoisotopic (exact) mass is 358 g/mol. The lowest BCUT2D eigenvalue weighted by atomic mass is 9.96. The molecule has 0 radical (unpaired) electrons. The van der Waals surface area contributed by atoms with E-state index in [2.05, 4.69) is 32.5 Å². The normalized spacial score (nSPS) is 19.2. The fourth-order valence-electron chi connectivity index (χ4n) is 3.68. The summed E-state index contributed by atoms with van der Waals surface area (Å²) in [6.45, 7) is 5.99. The lowest BCUT2D eigenvalue weighted by molar-refractivity contribution is 0.0934. The molecule has 2 aromatic rings. The number of amides is 1. The summed E-state index contributed by atoms with van der Waals surface area (Å²) in [5, 5.41) is 6.46. The number of thiazole rings is 1. The van der Waals surface area contributed by atoms with E-state index in [1.165, 1.54) is 18.5 Å². The number of hydrogen-bond acceptors (Lipinski definition) is 4. The van der Waals surface area contributed by atoms with Gasteiger partial charge in [0.15, 0.2) is 0 Å². The molecule has 0 bridgehead atoms. The summed E-state index contributed by atoms with van der Waals surface area (Å²) < 4.78 is 0. The first-order chi connectivity index (χ1) is 12.2. The average molecular weight is 359 g/mol. The second-order valence-electron chi connectivity index (χ2n) is 7.37. The van der Waals surface area contributed by atoms with Crippen molar-refractivity contribution in [2.75, 3.05) is 19.6 Å². The van der Waals surface area contributed by atoms with Gasteiger partial charge in [-0.15, -0.1) is 11.3 Å². The Hall–Kier alpha value is -1.66. The van der Waals surface area contributed by atoms with Gasteiger partial charge < -0.3 is 10.3 Å². The van der Waals surface area contributed by atoms with Gasteiger partial charge in [0, 0.05) is 30.4 Å². The summed E-state index contributed by atoms with van der Waals surface area (Å²) in [4.78, 5) is 22.7. The number of nitrogens with zero attached hydrogens (tertiary/aromatic N) is 2. The van der Waals surface area contributed by atoms with Crippen molar-refractivity contribution in [3.63, 3.8) is 0 Å². The highest BCUT2D eigenvalue weighted by Crippen LogP contribution is 2.40. The number of aromatic nitrogens is 2. The third kappa shape index (κ3) is 4.12. The van der Waals surface area contributed by atoms with Crippen LogP contribution in [0.15, 0.2) is 17.6 Å². The molecule has 0 aromatic carbocycles. The van der Waals surface area contributed by atoms with Crippen molar-refractivity contribution < 1.29 is 4.79 Å². The van der Waals surface area contributed by atoms with Crippen LogP contribution in [0, 0.1) is 12.8 Å². The zero-order valence-corrected chi connectivity index (χ0v) is 15.6. The predicted octanol–water partition coefficient (Wildman–Crippen LogP) is 3.30. The van der Waals surface area contributed by atoms with Crippen LogP contribution in [0.2, 0.25) is 0 Å². The van der Waals surface area contributed by atoms with Crippen LogP contribution >= 0.6 is 11.3 Å². The number of nitrogens with one attached hydrogen (secondary N) is 2. The predicted molar refractivity (Wildman–Crippen MR) is 100.0 cm³/mol. The molecule has 134 valence electrons. The van der Waals surface area contributed by atoms with Crippen LogP contribution in [0.25, 0.3) is 0 Å². The van der Waals surface area contributed by atoms with Crippen molar-refractivity contribution in [1.29, 1.82) is 0 Å². The first kappa shape index (κ1) is 16.8. The van der Waals surface area contributed by atoms with Gasteiger partial charge in [0.25, 0.3) is 5.91 Å². The number of H-pyrrole nitrogens is 1. The molecule has 1 saturated heterocycles. The summed E-state index contributed by atoms with van der Waals surface area (Å²) in [5.74, 6) is 1.25. The van der Waals surface area contributed by atoms with E-state index in [1.54, 1.807) is 11.3 Å². The molecule has 0 unspecified atom stereocenters. The molecule has 0 spiro atoms. The number of piperidine rings is 1. The minimum Gasteiger partial charge on any atom is -0.364 e. The van der Waals surface area contributed by atoms with Crippen molar-refractivity contribution in [2.45, 2.75) is 45.1 Å². The Labute approximate surface area is 152 Å². The topological polar surface area (TPSA) is 61.0 Å². The lowest BCUT2D eigenvalue weighted by Crippen LogP contribution is -2.38. The van der Waals surface area contributed by atoms with E-state index in [9.17, 15) is 4.79 Å². The van der Waals surface area contributed by atoms with Crippen LogP contribution in [0.3, 0.4) is 0 Å². The lowest BCUT2D eigenvalue weighted by Gasteiger charge is -2.31. The molecule has 3 heterocycles. The van der Waals surface area contributed by atoms with E-state index in [4.69, 9.17) is 0 Å².